The minimum atomic E-state index is -0.00276. The van der Waals surface area contributed by atoms with Crippen molar-refractivity contribution < 1.29 is 4.79 Å². The lowest BCUT2D eigenvalue weighted by Crippen LogP contribution is -2.23. The van der Waals surface area contributed by atoms with E-state index in [0.29, 0.717) is 12.3 Å². The molecule has 0 spiro atoms. The number of hydrogen-bond donors (Lipinski definition) is 0. The van der Waals surface area contributed by atoms with Crippen molar-refractivity contribution in [1.82, 2.24) is 19.9 Å². The van der Waals surface area contributed by atoms with Crippen molar-refractivity contribution in [2.45, 2.75) is 11.9 Å². The van der Waals surface area contributed by atoms with Gasteiger partial charge in [-0.2, -0.15) is 0 Å². The maximum atomic E-state index is 11.5. The second kappa shape index (κ2) is 5.05. The predicted molar refractivity (Wildman–Crippen MR) is 73.5 cm³/mol. The quantitative estimate of drug-likeness (QED) is 0.851. The number of carbonyl (C=O) groups excluding carboxylic acids is 1. The molecule has 2 heterocycles. The first-order valence-electron chi connectivity index (χ1n) is 6.05. The van der Waals surface area contributed by atoms with E-state index >= 15 is 0 Å². The molecule has 0 unspecified atom stereocenters. The lowest BCUT2D eigenvalue weighted by Gasteiger charge is -2.15. The lowest BCUT2D eigenvalue weighted by atomic mass is 10.2. The molecule has 1 aromatic carbocycles. The molecular weight excluding hydrogens is 260 g/mol. The highest BCUT2D eigenvalue weighted by molar-refractivity contribution is 8.00. The Balaban J connectivity index is 1.75. The maximum absolute atomic E-state index is 11.5. The van der Waals surface area contributed by atoms with Gasteiger partial charge in [-0.1, -0.05) is 35.5 Å². The Morgan fingerprint density at radius 2 is 2.16 bits per heavy atom. The molecule has 1 aliphatic rings. The van der Waals surface area contributed by atoms with Crippen LogP contribution in [-0.4, -0.2) is 38.6 Å². The summed E-state index contributed by atoms with van der Waals surface area (Å²) >= 11 is 1.59. The minimum Gasteiger partial charge on any atom is -0.327 e. The van der Waals surface area contributed by atoms with Gasteiger partial charge in [0.15, 0.2) is 0 Å². The van der Waals surface area contributed by atoms with E-state index < -0.39 is 0 Å². The van der Waals surface area contributed by atoms with E-state index in [0.717, 1.165) is 5.69 Å². The molecule has 0 saturated carbocycles. The minimum absolute atomic E-state index is 0.00276. The number of benzene rings is 1. The van der Waals surface area contributed by atoms with Crippen LogP contribution in [0.3, 0.4) is 0 Å². The van der Waals surface area contributed by atoms with Crippen molar-refractivity contribution >= 4 is 17.7 Å². The summed E-state index contributed by atoms with van der Waals surface area (Å²) in [5, 5.41) is 8.31. The monoisotopic (exact) mass is 274 g/mol. The number of carbonyl (C=O) groups is 1. The molecule has 1 aromatic heterocycles. The van der Waals surface area contributed by atoms with Crippen LogP contribution in [0, 0.1) is 0 Å². The zero-order chi connectivity index (χ0) is 13.2. The molecule has 1 saturated heterocycles. The fraction of sp³-hybridized carbons (Fsp3) is 0.308. The van der Waals surface area contributed by atoms with Gasteiger partial charge in [-0.15, -0.1) is 16.9 Å². The first kappa shape index (κ1) is 12.2. The molecule has 1 fully saturated rings. The normalized spacial score (nSPS) is 19.1. The van der Waals surface area contributed by atoms with E-state index in [-0.39, 0.29) is 11.3 Å². The van der Waals surface area contributed by atoms with Crippen LogP contribution in [-0.2, 0) is 11.3 Å². The Morgan fingerprint density at radius 1 is 1.37 bits per heavy atom. The Bertz CT molecular complexity index is 583. The van der Waals surface area contributed by atoms with E-state index in [9.17, 15) is 4.79 Å². The molecule has 1 amide bonds. The van der Waals surface area contributed by atoms with Crippen molar-refractivity contribution in [3.8, 4) is 0 Å². The second-order valence-electron chi connectivity index (χ2n) is 4.49. The molecule has 2 aromatic rings. The average molecular weight is 274 g/mol. The van der Waals surface area contributed by atoms with Gasteiger partial charge in [0, 0.05) is 7.05 Å². The Hall–Kier alpha value is -1.82. The number of nitrogens with zero attached hydrogens (tertiary/aromatic N) is 4. The summed E-state index contributed by atoms with van der Waals surface area (Å²) < 4.78 is 1.81. The molecule has 0 radical (unpaired) electrons. The van der Waals surface area contributed by atoms with Gasteiger partial charge in [-0.3, -0.25) is 4.79 Å². The van der Waals surface area contributed by atoms with Crippen molar-refractivity contribution in [3.63, 3.8) is 0 Å². The smallest absolute Gasteiger partial charge is 0.233 e. The average Bonchev–Trinajstić information content (AvgIpc) is 3.00. The SMILES string of the molecule is CN1C(=O)CS[C@@H]1c1cn(Cc2ccccc2)nn1. The largest absolute Gasteiger partial charge is 0.327 e. The summed E-state index contributed by atoms with van der Waals surface area (Å²) in [6, 6.07) is 10.1. The summed E-state index contributed by atoms with van der Waals surface area (Å²) in [7, 11) is 1.81. The fourth-order valence-corrected chi connectivity index (χ4v) is 3.18. The number of aromatic nitrogens is 3. The molecule has 0 bridgehead atoms. The van der Waals surface area contributed by atoms with Gasteiger partial charge in [0.2, 0.25) is 5.91 Å². The molecule has 1 aliphatic heterocycles. The molecule has 5 nitrogen and oxygen atoms in total. The van der Waals surface area contributed by atoms with Crippen LogP contribution in [0.1, 0.15) is 16.6 Å². The number of rotatable bonds is 3. The lowest BCUT2D eigenvalue weighted by molar-refractivity contribution is -0.126. The van der Waals surface area contributed by atoms with Crippen LogP contribution in [0.5, 0.6) is 0 Å². The summed E-state index contributed by atoms with van der Waals surface area (Å²) in [6.45, 7) is 0.697. The van der Waals surface area contributed by atoms with Gasteiger partial charge in [0.05, 0.1) is 18.5 Å². The van der Waals surface area contributed by atoms with E-state index in [4.69, 9.17) is 0 Å². The Labute approximate surface area is 115 Å². The third-order valence-corrected chi connectivity index (χ3v) is 4.39. The maximum Gasteiger partial charge on any atom is 0.233 e. The third-order valence-electron chi connectivity index (χ3n) is 3.11. The molecule has 0 N–H and O–H groups in total. The van der Waals surface area contributed by atoms with Crippen LogP contribution < -0.4 is 0 Å². The molecule has 3 rings (SSSR count). The van der Waals surface area contributed by atoms with Crippen molar-refractivity contribution in [3.05, 3.63) is 47.8 Å². The van der Waals surface area contributed by atoms with Crippen LogP contribution >= 0.6 is 11.8 Å². The van der Waals surface area contributed by atoms with Crippen LogP contribution in [0.15, 0.2) is 36.5 Å². The first-order chi connectivity index (χ1) is 9.24. The molecule has 19 heavy (non-hydrogen) atoms. The standard InChI is InChI=1S/C13H14N4OS/c1-16-12(18)9-19-13(16)11-8-17(15-14-11)7-10-5-3-2-4-6-10/h2-6,8,13H,7,9H2,1H3/t13-/m1/s1. The zero-order valence-electron chi connectivity index (χ0n) is 10.6. The van der Waals surface area contributed by atoms with Gasteiger partial charge in [-0.25, -0.2) is 4.68 Å². The Morgan fingerprint density at radius 3 is 2.84 bits per heavy atom. The topological polar surface area (TPSA) is 51.0 Å². The summed E-state index contributed by atoms with van der Waals surface area (Å²) in [6.07, 6.45) is 1.92. The Kier molecular flexibility index (Phi) is 3.25. The number of thioether (sulfide) groups is 1. The van der Waals surface area contributed by atoms with Gasteiger partial charge < -0.3 is 4.90 Å². The highest BCUT2D eigenvalue weighted by Gasteiger charge is 2.31. The van der Waals surface area contributed by atoms with Crippen LogP contribution in [0.2, 0.25) is 0 Å². The summed E-state index contributed by atoms with van der Waals surface area (Å²) in [5.41, 5.74) is 2.02. The van der Waals surface area contributed by atoms with Crippen molar-refractivity contribution in [2.75, 3.05) is 12.8 Å². The van der Waals surface area contributed by atoms with Crippen molar-refractivity contribution in [1.29, 1.82) is 0 Å². The highest BCUT2D eigenvalue weighted by Crippen LogP contribution is 2.35. The van der Waals surface area contributed by atoms with E-state index in [2.05, 4.69) is 22.4 Å². The highest BCUT2D eigenvalue weighted by atomic mass is 32.2. The molecule has 1 atom stereocenters. The predicted octanol–water partition coefficient (Wildman–Crippen LogP) is 1.53. The van der Waals surface area contributed by atoms with E-state index in [1.165, 1.54) is 5.56 Å². The molecule has 0 aliphatic carbocycles. The number of hydrogen-bond acceptors (Lipinski definition) is 4. The van der Waals surface area contributed by atoms with Crippen molar-refractivity contribution in [2.24, 2.45) is 0 Å². The van der Waals surface area contributed by atoms with Gasteiger partial charge in [0.25, 0.3) is 0 Å². The van der Waals surface area contributed by atoms with Crippen LogP contribution in [0.25, 0.3) is 0 Å². The van der Waals surface area contributed by atoms with Gasteiger partial charge >= 0.3 is 0 Å². The summed E-state index contributed by atoms with van der Waals surface area (Å²) in [4.78, 5) is 13.2. The summed E-state index contributed by atoms with van der Waals surface area (Å²) in [5.74, 6) is 0.666. The van der Waals surface area contributed by atoms with Gasteiger partial charge in [-0.05, 0) is 5.56 Å². The zero-order valence-corrected chi connectivity index (χ0v) is 11.4. The first-order valence-corrected chi connectivity index (χ1v) is 7.10. The van der Waals surface area contributed by atoms with Gasteiger partial charge in [0.1, 0.15) is 11.1 Å². The van der Waals surface area contributed by atoms with E-state index in [1.54, 1.807) is 16.7 Å². The molecule has 6 heteroatoms. The second-order valence-corrected chi connectivity index (χ2v) is 5.56. The third kappa shape index (κ3) is 2.49. The molecule has 98 valence electrons. The number of amides is 1. The fourth-order valence-electron chi connectivity index (χ4n) is 2.05. The van der Waals surface area contributed by atoms with E-state index in [1.807, 2.05) is 36.1 Å². The van der Waals surface area contributed by atoms with Crippen LogP contribution in [0.4, 0.5) is 0 Å². The molecular formula is C13H14N4OS.